The Kier molecular flexibility index (Phi) is 6.08. The molecule has 7 nitrogen and oxygen atoms in total. The number of hydrogen-bond donors (Lipinski definition) is 0. The van der Waals surface area contributed by atoms with Crippen molar-refractivity contribution >= 4 is 28.1 Å². The first kappa shape index (κ1) is 21.7. The van der Waals surface area contributed by atoms with Crippen LogP contribution in [-0.2, 0) is 10.0 Å². The van der Waals surface area contributed by atoms with E-state index in [1.54, 1.807) is 11.0 Å². The second-order valence-electron chi connectivity index (χ2n) is 7.41. The zero-order valence-electron chi connectivity index (χ0n) is 17.4. The van der Waals surface area contributed by atoms with Gasteiger partial charge in [-0.15, -0.1) is 0 Å². The van der Waals surface area contributed by atoms with Gasteiger partial charge in [0.1, 0.15) is 11.9 Å². The minimum Gasteiger partial charge on any atom is -0.420 e. The molecule has 32 heavy (non-hydrogen) atoms. The number of nitriles is 1. The summed E-state index contributed by atoms with van der Waals surface area (Å²) in [5, 5.41) is 9.47. The lowest BCUT2D eigenvalue weighted by molar-refractivity contribution is 0.373. The van der Waals surface area contributed by atoms with Crippen molar-refractivity contribution in [3.63, 3.8) is 0 Å². The highest BCUT2D eigenvalue weighted by atomic mass is 32.2. The first-order chi connectivity index (χ1) is 15.4. The third-order valence-electron chi connectivity index (χ3n) is 5.19. The quantitative estimate of drug-likeness (QED) is 0.587. The Hall–Kier alpha value is -3.48. The van der Waals surface area contributed by atoms with Crippen LogP contribution in [0.3, 0.4) is 0 Å². The molecule has 1 aromatic heterocycles. The van der Waals surface area contributed by atoms with E-state index in [4.69, 9.17) is 4.42 Å². The fourth-order valence-electron chi connectivity index (χ4n) is 3.44. The Morgan fingerprint density at radius 3 is 2.47 bits per heavy atom. The van der Waals surface area contributed by atoms with Gasteiger partial charge < -0.3 is 9.32 Å². The summed E-state index contributed by atoms with van der Waals surface area (Å²) in [6.07, 6.45) is 3.54. The summed E-state index contributed by atoms with van der Waals surface area (Å²) in [5.74, 6) is 0.0158. The molecular formula is C23H21FN4O3S. The third kappa shape index (κ3) is 4.56. The van der Waals surface area contributed by atoms with Crippen LogP contribution < -0.4 is 4.90 Å². The van der Waals surface area contributed by atoms with E-state index in [1.165, 1.54) is 22.5 Å². The van der Waals surface area contributed by atoms with E-state index in [2.05, 4.69) is 4.98 Å². The summed E-state index contributed by atoms with van der Waals surface area (Å²) < 4.78 is 46.2. The van der Waals surface area contributed by atoms with E-state index < -0.39 is 15.8 Å². The van der Waals surface area contributed by atoms with E-state index >= 15 is 0 Å². The van der Waals surface area contributed by atoms with Gasteiger partial charge in [0, 0.05) is 32.3 Å². The molecule has 0 aliphatic carbocycles. The van der Waals surface area contributed by atoms with Gasteiger partial charge in [0.15, 0.2) is 0 Å². The number of hydrogen-bond acceptors (Lipinski definition) is 6. The number of sulfonamides is 1. The van der Waals surface area contributed by atoms with Crippen LogP contribution in [0.2, 0.25) is 0 Å². The van der Waals surface area contributed by atoms with Crippen molar-refractivity contribution in [3.8, 4) is 6.07 Å². The van der Waals surface area contributed by atoms with Crippen molar-refractivity contribution in [3.05, 3.63) is 77.1 Å². The van der Waals surface area contributed by atoms with Gasteiger partial charge in [-0.25, -0.2) is 12.8 Å². The summed E-state index contributed by atoms with van der Waals surface area (Å²) in [6, 6.07) is 14.9. The molecule has 0 N–H and O–H groups in total. The summed E-state index contributed by atoms with van der Waals surface area (Å²) in [4.78, 5) is 5.95. The fourth-order valence-corrected chi connectivity index (χ4v) is 4.89. The first-order valence-corrected chi connectivity index (χ1v) is 11.5. The van der Waals surface area contributed by atoms with Gasteiger partial charge in [-0.2, -0.15) is 14.6 Å². The smallest absolute Gasteiger partial charge is 0.243 e. The van der Waals surface area contributed by atoms with Crippen LogP contribution in [0.5, 0.6) is 0 Å². The third-order valence-corrected chi connectivity index (χ3v) is 7.08. The number of piperazine rings is 1. The number of halogens is 1. The van der Waals surface area contributed by atoms with E-state index in [0.29, 0.717) is 24.9 Å². The average molecular weight is 453 g/mol. The monoisotopic (exact) mass is 452 g/mol. The highest BCUT2D eigenvalue weighted by Gasteiger charge is 2.31. The number of aryl methyl sites for hydroxylation is 1. The molecule has 0 spiro atoms. The van der Waals surface area contributed by atoms with Crippen molar-refractivity contribution < 1.29 is 17.2 Å². The normalized spacial score (nSPS) is 15.2. The molecule has 1 aliphatic heterocycles. The van der Waals surface area contributed by atoms with Gasteiger partial charge in [-0.3, -0.25) is 0 Å². The van der Waals surface area contributed by atoms with E-state index in [1.807, 2.05) is 43.3 Å². The summed E-state index contributed by atoms with van der Waals surface area (Å²) in [6.45, 7) is 3.01. The standard InChI is InChI=1S/C23H21FN4O3S/c1-17-5-7-18(8-6-17)9-10-22-26-21(16-25)23(31-22)27-11-13-28(14-12-27)32(29,30)20-4-2-3-19(24)15-20/h2-10,15H,11-14H2,1H3/b10-9+. The molecule has 0 unspecified atom stereocenters. The molecule has 1 saturated heterocycles. The van der Waals surface area contributed by atoms with E-state index in [9.17, 15) is 18.1 Å². The summed E-state index contributed by atoms with van der Waals surface area (Å²) in [7, 11) is -3.80. The van der Waals surface area contributed by atoms with Gasteiger partial charge in [0.25, 0.3) is 0 Å². The number of oxazole rings is 1. The molecule has 0 amide bonds. The maximum atomic E-state index is 13.5. The molecule has 0 saturated carbocycles. The number of aromatic nitrogens is 1. The second kappa shape index (κ2) is 8.94. The minimum atomic E-state index is -3.80. The summed E-state index contributed by atoms with van der Waals surface area (Å²) in [5.41, 5.74) is 2.28. The second-order valence-corrected chi connectivity index (χ2v) is 9.35. The molecule has 4 rings (SSSR count). The highest BCUT2D eigenvalue weighted by Crippen LogP contribution is 2.26. The lowest BCUT2D eigenvalue weighted by Crippen LogP contribution is -2.48. The van der Waals surface area contributed by atoms with Crippen LogP contribution in [0, 0.1) is 24.1 Å². The predicted octanol–water partition coefficient (Wildman–Crippen LogP) is 3.68. The van der Waals surface area contributed by atoms with Crippen molar-refractivity contribution in [2.45, 2.75) is 11.8 Å². The van der Waals surface area contributed by atoms with Crippen LogP contribution in [0.15, 0.2) is 57.8 Å². The van der Waals surface area contributed by atoms with Crippen LogP contribution >= 0.6 is 0 Å². The molecule has 0 bridgehead atoms. The maximum Gasteiger partial charge on any atom is 0.243 e. The lowest BCUT2D eigenvalue weighted by atomic mass is 10.1. The van der Waals surface area contributed by atoms with Crippen LogP contribution in [0.25, 0.3) is 12.2 Å². The molecule has 0 radical (unpaired) electrons. The van der Waals surface area contributed by atoms with Crippen LogP contribution in [0.1, 0.15) is 22.7 Å². The van der Waals surface area contributed by atoms with Crippen molar-refractivity contribution in [1.82, 2.24) is 9.29 Å². The molecule has 0 atom stereocenters. The molecule has 164 valence electrons. The molecule has 1 aliphatic rings. The van der Waals surface area contributed by atoms with Crippen LogP contribution in [0.4, 0.5) is 10.3 Å². The molecule has 1 fully saturated rings. The first-order valence-electron chi connectivity index (χ1n) is 10.0. The van der Waals surface area contributed by atoms with Crippen molar-refractivity contribution in [2.24, 2.45) is 0 Å². The zero-order valence-corrected chi connectivity index (χ0v) is 18.2. The van der Waals surface area contributed by atoms with Gasteiger partial charge in [0.2, 0.25) is 27.5 Å². The Balaban J connectivity index is 1.47. The fraction of sp³-hybridized carbons (Fsp3) is 0.217. The van der Waals surface area contributed by atoms with Crippen LogP contribution in [-0.4, -0.2) is 43.9 Å². The Labute approximate surface area is 186 Å². The lowest BCUT2D eigenvalue weighted by Gasteiger charge is -2.33. The van der Waals surface area contributed by atoms with Gasteiger partial charge in [0.05, 0.1) is 4.90 Å². The highest BCUT2D eigenvalue weighted by molar-refractivity contribution is 7.89. The largest absolute Gasteiger partial charge is 0.420 e. The maximum absolute atomic E-state index is 13.5. The number of nitrogens with zero attached hydrogens (tertiary/aromatic N) is 4. The number of anilines is 1. The molecular weight excluding hydrogens is 431 g/mol. The van der Waals surface area contributed by atoms with Gasteiger partial charge in [-0.05, 0) is 36.8 Å². The Bertz CT molecular complexity index is 1290. The number of rotatable bonds is 5. The minimum absolute atomic E-state index is 0.0770. The molecule has 3 aromatic rings. The molecule has 9 heteroatoms. The predicted molar refractivity (Wildman–Crippen MR) is 119 cm³/mol. The number of benzene rings is 2. The van der Waals surface area contributed by atoms with Crippen molar-refractivity contribution in [2.75, 3.05) is 31.1 Å². The molecule has 2 aromatic carbocycles. The Morgan fingerprint density at radius 1 is 1.09 bits per heavy atom. The van der Waals surface area contributed by atoms with E-state index in [0.717, 1.165) is 17.2 Å². The topological polar surface area (TPSA) is 90.4 Å². The summed E-state index contributed by atoms with van der Waals surface area (Å²) >= 11 is 0. The van der Waals surface area contributed by atoms with Gasteiger partial charge in [-0.1, -0.05) is 35.9 Å². The van der Waals surface area contributed by atoms with Crippen molar-refractivity contribution in [1.29, 1.82) is 5.26 Å². The zero-order chi connectivity index (χ0) is 22.7. The van der Waals surface area contributed by atoms with E-state index in [-0.39, 0.29) is 23.7 Å². The SMILES string of the molecule is Cc1ccc(/C=C/c2nc(C#N)c(N3CCN(S(=O)(=O)c4cccc(F)c4)CC3)o2)cc1. The molecule has 2 heterocycles. The Morgan fingerprint density at radius 2 is 1.81 bits per heavy atom. The average Bonchev–Trinajstić information content (AvgIpc) is 3.22. The van der Waals surface area contributed by atoms with Gasteiger partial charge >= 0.3 is 0 Å².